The molecule has 0 aromatic rings. The van der Waals surface area contributed by atoms with E-state index in [1.165, 1.54) is 27.7 Å². The van der Waals surface area contributed by atoms with Crippen molar-refractivity contribution in [3.63, 3.8) is 0 Å². The fourth-order valence-electron chi connectivity index (χ4n) is 3.14. The zero-order valence-corrected chi connectivity index (χ0v) is 21.6. The van der Waals surface area contributed by atoms with Crippen LogP contribution < -0.4 is 0 Å². The molecule has 5 atom stereocenters. The van der Waals surface area contributed by atoms with Gasteiger partial charge in [-0.05, 0) is 0 Å². The first-order valence-electron chi connectivity index (χ1n) is 10.3. The second-order valence-corrected chi connectivity index (χ2v) is 15.7. The minimum atomic E-state index is -1.40. The van der Waals surface area contributed by atoms with Gasteiger partial charge in [-0.2, -0.15) is 0 Å². The molecular weight excluding hydrogens is 491 g/mol. The van der Waals surface area contributed by atoms with Gasteiger partial charge < -0.3 is 0 Å². The Morgan fingerprint density at radius 3 is 1.71 bits per heavy atom. The van der Waals surface area contributed by atoms with Crippen molar-refractivity contribution in [2.75, 3.05) is 6.61 Å². The van der Waals surface area contributed by atoms with Gasteiger partial charge in [0.05, 0.1) is 0 Å². The number of ether oxygens (including phenoxy) is 5. The van der Waals surface area contributed by atoms with Crippen LogP contribution in [0.4, 0.5) is 0 Å². The summed E-state index contributed by atoms with van der Waals surface area (Å²) >= 11 is -1.40. The first kappa shape index (κ1) is 27.8. The van der Waals surface area contributed by atoms with Gasteiger partial charge in [-0.25, -0.2) is 0 Å². The molecule has 0 unspecified atom stereocenters. The molecule has 1 aliphatic heterocycles. The van der Waals surface area contributed by atoms with Crippen molar-refractivity contribution < 1.29 is 42.9 Å². The van der Waals surface area contributed by atoms with Gasteiger partial charge >= 0.3 is 192 Å². The van der Waals surface area contributed by atoms with Crippen LogP contribution >= 0.6 is 10.0 Å². The number of rotatable bonds is 11. The molecule has 1 saturated heterocycles. The second kappa shape index (κ2) is 14.0. The van der Waals surface area contributed by atoms with Crippen LogP contribution in [0, 0.1) is 0 Å². The molecule has 1 fully saturated rings. The van der Waals surface area contributed by atoms with Crippen molar-refractivity contribution in [2.45, 2.75) is 94.7 Å². The van der Waals surface area contributed by atoms with Crippen molar-refractivity contribution in [3.05, 3.63) is 0 Å². The third kappa shape index (κ3) is 9.83. The Morgan fingerprint density at radius 2 is 1.26 bits per heavy atom. The summed E-state index contributed by atoms with van der Waals surface area (Å²) < 4.78 is 27.7. The Kier molecular flexibility index (Phi) is 12.6. The third-order valence-corrected chi connectivity index (χ3v) is 14.1. The fourth-order valence-corrected chi connectivity index (χ4v) is 12.9. The van der Waals surface area contributed by atoms with Crippen molar-refractivity contribution in [2.24, 2.45) is 0 Å². The molecule has 0 aromatic carbocycles. The van der Waals surface area contributed by atoms with E-state index in [1.54, 1.807) is 10.0 Å². The summed E-state index contributed by atoms with van der Waals surface area (Å²) in [7, 11) is 1.63. The van der Waals surface area contributed by atoms with Crippen LogP contribution in [0.1, 0.15) is 54.4 Å². The summed E-state index contributed by atoms with van der Waals surface area (Å²) in [6.45, 7) is 8.99. The van der Waals surface area contributed by atoms with E-state index in [0.717, 1.165) is 23.3 Å². The van der Waals surface area contributed by atoms with Crippen LogP contribution in [0.15, 0.2) is 0 Å². The molecule has 1 aliphatic rings. The summed E-state index contributed by atoms with van der Waals surface area (Å²) in [5.74, 6) is -2.34. The minimum absolute atomic E-state index is 0.191. The van der Waals surface area contributed by atoms with Crippen LogP contribution in [0.3, 0.4) is 0 Å². The fraction of sp³-hybridized carbons (Fsp3) is 0.800. The zero-order chi connectivity index (χ0) is 23.6. The standard InChI is InChI=1S/C20H33AsO9S/c1-7-9-21(10-8-2)31-20-19(29-15(6)25)18(28-14(5)24)17(27-13(4)23)16(30-20)11-26-12(3)22/h16-20H,7-11H2,1-6H3/t16-,17-,18+,19-,20+/m1/s1. The Balaban J connectivity index is 3.33. The molecule has 1 rings (SSSR count). The summed E-state index contributed by atoms with van der Waals surface area (Å²) in [4.78, 5) is 46.8. The molecule has 9 nitrogen and oxygen atoms in total. The number of carbonyl (C=O) groups excluding carboxylic acids is 4. The normalized spacial score (nSPS) is 25.6. The third-order valence-electron chi connectivity index (χ3n) is 4.15. The average Bonchev–Trinajstić information content (AvgIpc) is 2.64. The predicted molar refractivity (Wildman–Crippen MR) is 115 cm³/mol. The molecule has 11 heteroatoms. The van der Waals surface area contributed by atoms with Gasteiger partial charge in [0.2, 0.25) is 0 Å². The molecule has 0 N–H and O–H groups in total. The molecule has 1 heterocycles. The Bertz CT molecular complexity index is 624. The van der Waals surface area contributed by atoms with Gasteiger partial charge in [0, 0.05) is 0 Å². The van der Waals surface area contributed by atoms with E-state index >= 15 is 0 Å². The Morgan fingerprint density at radius 1 is 0.774 bits per heavy atom. The van der Waals surface area contributed by atoms with Gasteiger partial charge in [-0.1, -0.05) is 0 Å². The maximum atomic E-state index is 11.9. The SMILES string of the molecule is CCC[As](CCC)S[C@@H]1O[C@H](COC(C)=O)[C@@H](OC(C)=O)[C@H](OC(C)=O)[C@H]1OC(C)=O. The maximum absolute atomic E-state index is 11.9. The van der Waals surface area contributed by atoms with E-state index in [1.807, 2.05) is 0 Å². The summed E-state index contributed by atoms with van der Waals surface area (Å²) in [5.41, 5.74) is -0.640. The van der Waals surface area contributed by atoms with Gasteiger partial charge in [0.15, 0.2) is 0 Å². The number of hydrogen-bond donors (Lipinski definition) is 0. The summed E-state index contributed by atoms with van der Waals surface area (Å²) in [6, 6.07) is 0. The van der Waals surface area contributed by atoms with Gasteiger partial charge in [0.1, 0.15) is 0 Å². The Hall–Kier alpha value is -1.25. The molecule has 0 aliphatic carbocycles. The topological polar surface area (TPSA) is 114 Å². The van der Waals surface area contributed by atoms with Crippen molar-refractivity contribution in [1.29, 1.82) is 0 Å². The number of carbonyl (C=O) groups is 4. The summed E-state index contributed by atoms with van der Waals surface area (Å²) in [6.07, 6.45) is -1.97. The first-order chi connectivity index (χ1) is 14.6. The van der Waals surface area contributed by atoms with Crippen molar-refractivity contribution in [3.8, 4) is 0 Å². The molecule has 178 valence electrons. The Labute approximate surface area is 191 Å². The van der Waals surface area contributed by atoms with E-state index in [-0.39, 0.29) is 6.61 Å². The molecule has 0 saturated carbocycles. The van der Waals surface area contributed by atoms with Crippen LogP contribution in [0.5, 0.6) is 0 Å². The number of hydrogen-bond acceptors (Lipinski definition) is 10. The average molecular weight is 524 g/mol. The van der Waals surface area contributed by atoms with Gasteiger partial charge in [-0.3, -0.25) is 0 Å². The summed E-state index contributed by atoms with van der Waals surface area (Å²) in [5, 5.41) is 2.14. The van der Waals surface area contributed by atoms with Crippen LogP contribution in [-0.2, 0) is 42.9 Å². The van der Waals surface area contributed by atoms with E-state index in [4.69, 9.17) is 23.7 Å². The molecule has 0 amide bonds. The quantitative estimate of drug-likeness (QED) is 0.227. The zero-order valence-electron chi connectivity index (χ0n) is 19.0. The predicted octanol–water partition coefficient (Wildman–Crippen LogP) is 2.61. The van der Waals surface area contributed by atoms with Gasteiger partial charge in [-0.15, -0.1) is 0 Å². The molecule has 0 bridgehead atoms. The molecule has 31 heavy (non-hydrogen) atoms. The molecule has 0 aromatic heterocycles. The first-order valence-corrected chi connectivity index (χ1v) is 16.1. The van der Waals surface area contributed by atoms with E-state index in [9.17, 15) is 19.2 Å². The van der Waals surface area contributed by atoms with Crippen molar-refractivity contribution >= 4 is 47.4 Å². The van der Waals surface area contributed by atoms with Crippen LogP contribution in [0.25, 0.3) is 0 Å². The molecule has 0 spiro atoms. The second-order valence-electron chi connectivity index (χ2n) is 7.10. The van der Waals surface area contributed by atoms with Crippen molar-refractivity contribution in [1.82, 2.24) is 0 Å². The monoisotopic (exact) mass is 524 g/mol. The van der Waals surface area contributed by atoms with Gasteiger partial charge in [0.25, 0.3) is 0 Å². The van der Waals surface area contributed by atoms with E-state index in [2.05, 4.69) is 13.8 Å². The molecular formula is C20H33AsO9S. The van der Waals surface area contributed by atoms with Crippen LogP contribution in [-0.4, -0.2) is 73.8 Å². The molecule has 0 radical (unpaired) electrons. The van der Waals surface area contributed by atoms with Crippen LogP contribution in [0.2, 0.25) is 10.4 Å². The number of esters is 4. The van der Waals surface area contributed by atoms with E-state index < -0.39 is 67.2 Å². The van der Waals surface area contributed by atoms with E-state index in [0.29, 0.717) is 0 Å².